The summed E-state index contributed by atoms with van der Waals surface area (Å²) in [6.45, 7) is 4.38. The van der Waals surface area contributed by atoms with Crippen molar-refractivity contribution in [3.8, 4) is 6.07 Å². The lowest BCUT2D eigenvalue weighted by atomic mass is 10.1. The number of nitrogens with zero attached hydrogens (tertiary/aromatic N) is 1. The Morgan fingerprint density at radius 1 is 1.38 bits per heavy atom. The molecule has 0 atom stereocenters. The molecule has 1 aromatic rings. The number of nitriles is 1. The summed E-state index contributed by atoms with van der Waals surface area (Å²) >= 11 is 0. The smallest absolute Gasteiger partial charge is 0.0669 e. The highest BCUT2D eigenvalue weighted by Gasteiger charge is 1.91. The van der Waals surface area contributed by atoms with Gasteiger partial charge in [-0.3, -0.25) is 0 Å². The Balaban J connectivity index is 2.59. The molecular weight excluding hydrogens is 160 g/mol. The van der Waals surface area contributed by atoms with Crippen LogP contribution in [0.5, 0.6) is 0 Å². The summed E-state index contributed by atoms with van der Waals surface area (Å²) in [7, 11) is 0. The number of hydrogen-bond donors (Lipinski definition) is 1. The predicted octanol–water partition coefficient (Wildman–Crippen LogP) is 2.35. The van der Waals surface area contributed by atoms with Crippen molar-refractivity contribution in [3.05, 3.63) is 42.5 Å². The van der Waals surface area contributed by atoms with Crippen LogP contribution in [0.2, 0.25) is 0 Å². The summed E-state index contributed by atoms with van der Waals surface area (Å²) in [5, 5.41) is 11.6. The van der Waals surface area contributed by atoms with Crippen LogP contribution in [0.3, 0.4) is 0 Å². The van der Waals surface area contributed by atoms with E-state index in [1.807, 2.05) is 30.3 Å². The van der Waals surface area contributed by atoms with Gasteiger partial charge in [0, 0.05) is 12.2 Å². The van der Waals surface area contributed by atoms with E-state index in [4.69, 9.17) is 5.26 Å². The first-order chi connectivity index (χ1) is 6.36. The Kier molecular flexibility index (Phi) is 3.59. The molecule has 1 N–H and O–H groups in total. The minimum absolute atomic E-state index is 0.474. The quantitative estimate of drug-likeness (QED) is 0.707. The largest absolute Gasteiger partial charge is 0.382 e. The van der Waals surface area contributed by atoms with Crippen LogP contribution in [-0.4, -0.2) is 6.54 Å². The Morgan fingerprint density at radius 3 is 2.62 bits per heavy atom. The van der Waals surface area contributed by atoms with Crippen molar-refractivity contribution in [2.24, 2.45) is 0 Å². The number of hydrogen-bond acceptors (Lipinski definition) is 2. The van der Waals surface area contributed by atoms with Gasteiger partial charge in [0.1, 0.15) is 0 Å². The third-order valence-corrected chi connectivity index (χ3v) is 1.69. The van der Waals surface area contributed by atoms with E-state index in [0.29, 0.717) is 6.42 Å². The molecule has 0 aliphatic carbocycles. The van der Waals surface area contributed by atoms with Gasteiger partial charge < -0.3 is 5.32 Å². The maximum absolute atomic E-state index is 8.45. The molecule has 0 fully saturated rings. The molecule has 0 unspecified atom stereocenters. The van der Waals surface area contributed by atoms with Crippen LogP contribution in [0, 0.1) is 11.3 Å². The third-order valence-electron chi connectivity index (χ3n) is 1.69. The van der Waals surface area contributed by atoms with Crippen LogP contribution < -0.4 is 5.32 Å². The lowest BCUT2D eigenvalue weighted by molar-refractivity contribution is 1.25. The molecule has 1 rings (SSSR count). The molecule has 0 radical (unpaired) electrons. The second-order valence-electron chi connectivity index (χ2n) is 2.70. The van der Waals surface area contributed by atoms with Gasteiger partial charge in [-0.2, -0.15) is 5.26 Å². The SMILES string of the molecule is C=CCNc1ccc(CC#N)cc1. The number of nitrogens with one attached hydrogen (secondary N) is 1. The molecule has 0 aromatic heterocycles. The van der Waals surface area contributed by atoms with Crippen LogP contribution in [0.1, 0.15) is 5.56 Å². The van der Waals surface area contributed by atoms with Crippen molar-refractivity contribution in [2.75, 3.05) is 11.9 Å². The number of rotatable bonds is 4. The zero-order valence-corrected chi connectivity index (χ0v) is 7.46. The van der Waals surface area contributed by atoms with Gasteiger partial charge in [-0.1, -0.05) is 18.2 Å². The van der Waals surface area contributed by atoms with Crippen LogP contribution in [0.4, 0.5) is 5.69 Å². The highest BCUT2D eigenvalue weighted by Crippen LogP contribution is 2.09. The minimum Gasteiger partial charge on any atom is -0.382 e. The first-order valence-electron chi connectivity index (χ1n) is 4.17. The van der Waals surface area contributed by atoms with E-state index >= 15 is 0 Å². The van der Waals surface area contributed by atoms with Crippen molar-refractivity contribution in [2.45, 2.75) is 6.42 Å². The number of benzene rings is 1. The highest BCUT2D eigenvalue weighted by atomic mass is 14.8. The van der Waals surface area contributed by atoms with Gasteiger partial charge >= 0.3 is 0 Å². The molecule has 0 aliphatic rings. The monoisotopic (exact) mass is 172 g/mol. The fourth-order valence-electron chi connectivity index (χ4n) is 1.02. The average Bonchev–Trinajstić information content (AvgIpc) is 2.17. The third kappa shape index (κ3) is 3.00. The second kappa shape index (κ2) is 5.00. The van der Waals surface area contributed by atoms with Crippen LogP contribution in [-0.2, 0) is 6.42 Å². The zero-order valence-electron chi connectivity index (χ0n) is 7.46. The van der Waals surface area contributed by atoms with Crippen molar-refractivity contribution < 1.29 is 0 Å². The van der Waals surface area contributed by atoms with Gasteiger partial charge in [-0.25, -0.2) is 0 Å². The van der Waals surface area contributed by atoms with Crippen LogP contribution in [0.15, 0.2) is 36.9 Å². The van der Waals surface area contributed by atoms with E-state index in [2.05, 4.69) is 18.0 Å². The standard InChI is InChI=1S/C11H12N2/c1-2-9-13-11-5-3-10(4-6-11)7-8-12/h2-6,13H,1,7,9H2. The molecule has 0 saturated carbocycles. The maximum atomic E-state index is 8.45. The van der Waals surface area contributed by atoms with E-state index in [1.165, 1.54) is 0 Å². The first-order valence-corrected chi connectivity index (χ1v) is 4.17. The molecule has 0 heterocycles. The highest BCUT2D eigenvalue weighted by molar-refractivity contribution is 5.45. The molecule has 66 valence electrons. The summed E-state index contributed by atoms with van der Waals surface area (Å²) in [4.78, 5) is 0. The molecule has 0 saturated heterocycles. The Morgan fingerprint density at radius 2 is 2.08 bits per heavy atom. The van der Waals surface area contributed by atoms with E-state index in [9.17, 15) is 0 Å². The molecule has 0 amide bonds. The Bertz CT molecular complexity index is 306. The van der Waals surface area contributed by atoms with E-state index in [0.717, 1.165) is 17.8 Å². The molecule has 0 aliphatic heterocycles. The fraction of sp³-hybridized carbons (Fsp3) is 0.182. The molecule has 13 heavy (non-hydrogen) atoms. The van der Waals surface area contributed by atoms with E-state index in [1.54, 1.807) is 0 Å². The Hall–Kier alpha value is -1.75. The topological polar surface area (TPSA) is 35.8 Å². The average molecular weight is 172 g/mol. The normalized spacial score (nSPS) is 8.85. The molecule has 2 nitrogen and oxygen atoms in total. The zero-order chi connectivity index (χ0) is 9.52. The Labute approximate surface area is 78.5 Å². The molecule has 0 spiro atoms. The van der Waals surface area contributed by atoms with E-state index < -0.39 is 0 Å². The maximum Gasteiger partial charge on any atom is 0.0669 e. The van der Waals surface area contributed by atoms with Crippen molar-refractivity contribution in [1.29, 1.82) is 5.26 Å². The van der Waals surface area contributed by atoms with Gasteiger partial charge in [0.2, 0.25) is 0 Å². The lowest BCUT2D eigenvalue weighted by Gasteiger charge is -2.02. The summed E-state index contributed by atoms with van der Waals surface area (Å²) in [5.74, 6) is 0. The predicted molar refractivity (Wildman–Crippen MR) is 54.4 cm³/mol. The molecule has 0 bridgehead atoms. The minimum atomic E-state index is 0.474. The first kappa shape index (κ1) is 9.34. The van der Waals surface area contributed by atoms with Crippen molar-refractivity contribution in [3.63, 3.8) is 0 Å². The summed E-state index contributed by atoms with van der Waals surface area (Å²) in [5.41, 5.74) is 2.10. The van der Waals surface area contributed by atoms with Gasteiger partial charge in [-0.05, 0) is 17.7 Å². The van der Waals surface area contributed by atoms with Crippen molar-refractivity contribution >= 4 is 5.69 Å². The lowest BCUT2D eigenvalue weighted by Crippen LogP contribution is -1.97. The fourth-order valence-corrected chi connectivity index (χ4v) is 1.02. The van der Waals surface area contributed by atoms with E-state index in [-0.39, 0.29) is 0 Å². The van der Waals surface area contributed by atoms with Gasteiger partial charge in [0.05, 0.1) is 12.5 Å². The van der Waals surface area contributed by atoms with Crippen molar-refractivity contribution in [1.82, 2.24) is 0 Å². The molecule has 2 heteroatoms. The number of anilines is 1. The van der Waals surface area contributed by atoms with Gasteiger partial charge in [0.15, 0.2) is 0 Å². The second-order valence-corrected chi connectivity index (χ2v) is 2.70. The molecular formula is C11H12N2. The van der Waals surface area contributed by atoms with Crippen LogP contribution in [0.25, 0.3) is 0 Å². The molecule has 1 aromatic carbocycles. The van der Waals surface area contributed by atoms with Gasteiger partial charge in [-0.15, -0.1) is 6.58 Å². The van der Waals surface area contributed by atoms with Crippen LogP contribution >= 0.6 is 0 Å². The van der Waals surface area contributed by atoms with Gasteiger partial charge in [0.25, 0.3) is 0 Å². The summed E-state index contributed by atoms with van der Waals surface area (Å²) < 4.78 is 0. The summed E-state index contributed by atoms with van der Waals surface area (Å²) in [6.07, 6.45) is 2.28. The summed E-state index contributed by atoms with van der Waals surface area (Å²) in [6, 6.07) is 9.95.